The van der Waals surface area contributed by atoms with Gasteiger partial charge in [0.05, 0.1) is 5.70 Å². The first-order chi connectivity index (χ1) is 17.0. The lowest BCUT2D eigenvalue weighted by molar-refractivity contribution is -0.139. The Morgan fingerprint density at radius 2 is 1.86 bits per heavy atom. The van der Waals surface area contributed by atoms with Crippen molar-refractivity contribution < 1.29 is 24.6 Å². The number of carbonyl (C=O) groups excluding carboxylic acids is 2. The van der Waals surface area contributed by atoms with Gasteiger partial charge in [0.1, 0.15) is 11.8 Å². The molecule has 6 nitrogen and oxygen atoms in total. The van der Waals surface area contributed by atoms with E-state index in [0.717, 1.165) is 37.3 Å². The molecule has 6 heteroatoms. The minimum atomic E-state index is -1.11. The van der Waals surface area contributed by atoms with Crippen LogP contribution in [0.2, 0.25) is 0 Å². The molecule has 5 atom stereocenters. The van der Waals surface area contributed by atoms with E-state index < -0.39 is 23.6 Å². The number of nitrogens with one attached hydrogen (secondary N) is 1. The van der Waals surface area contributed by atoms with Crippen LogP contribution in [-0.4, -0.2) is 33.8 Å². The Hall–Kier alpha value is -3.15. The molecule has 0 amide bonds. The van der Waals surface area contributed by atoms with Crippen molar-refractivity contribution in [2.24, 2.45) is 22.7 Å². The summed E-state index contributed by atoms with van der Waals surface area (Å²) in [6.45, 7) is 8.90. The van der Waals surface area contributed by atoms with E-state index in [1.807, 2.05) is 30.3 Å². The highest BCUT2D eigenvalue weighted by atomic mass is 16.4. The zero-order valence-corrected chi connectivity index (χ0v) is 21.6. The molecule has 0 unspecified atom stereocenters. The third kappa shape index (κ3) is 4.54. The van der Waals surface area contributed by atoms with E-state index in [1.165, 1.54) is 5.57 Å². The van der Waals surface area contributed by atoms with Gasteiger partial charge in [0.15, 0.2) is 0 Å². The molecule has 3 aliphatic carbocycles. The second kappa shape index (κ2) is 9.72. The second-order valence-electron chi connectivity index (χ2n) is 11.4. The molecular weight excluding hydrogens is 454 g/mol. The molecule has 4 rings (SSSR count). The van der Waals surface area contributed by atoms with Gasteiger partial charge in [-0.3, -0.25) is 9.59 Å². The van der Waals surface area contributed by atoms with Crippen molar-refractivity contribution in [3.63, 3.8) is 0 Å². The third-order valence-electron chi connectivity index (χ3n) is 9.38. The molecule has 0 saturated heterocycles. The first-order valence-corrected chi connectivity index (χ1v) is 12.9. The van der Waals surface area contributed by atoms with Crippen LogP contribution < -0.4 is 5.32 Å². The number of hydrogen-bond donors (Lipinski definition) is 3. The Labute approximate surface area is 213 Å². The Morgan fingerprint density at radius 1 is 1.17 bits per heavy atom. The van der Waals surface area contributed by atoms with Gasteiger partial charge in [-0.25, -0.2) is 4.79 Å². The Bertz CT molecular complexity index is 1160. The van der Waals surface area contributed by atoms with Crippen molar-refractivity contribution in [1.29, 1.82) is 0 Å². The lowest BCUT2D eigenvalue weighted by Gasteiger charge is -2.58. The molecule has 0 aliphatic heterocycles. The zero-order chi connectivity index (χ0) is 26.3. The van der Waals surface area contributed by atoms with E-state index >= 15 is 0 Å². The van der Waals surface area contributed by atoms with Gasteiger partial charge in [0, 0.05) is 18.1 Å². The quantitative estimate of drug-likeness (QED) is 0.271. The summed E-state index contributed by atoms with van der Waals surface area (Å²) in [6.07, 6.45) is 7.88. The highest BCUT2D eigenvalue weighted by Gasteiger charge is 2.54. The summed E-state index contributed by atoms with van der Waals surface area (Å²) in [7, 11) is 0. The van der Waals surface area contributed by atoms with Gasteiger partial charge in [-0.2, -0.15) is 0 Å². The molecule has 1 saturated carbocycles. The Kier molecular flexibility index (Phi) is 7.00. The van der Waals surface area contributed by atoms with Gasteiger partial charge in [0.25, 0.3) is 0 Å². The Morgan fingerprint density at radius 3 is 2.53 bits per heavy atom. The molecule has 192 valence electrons. The van der Waals surface area contributed by atoms with Crippen molar-refractivity contribution in [3.8, 4) is 0 Å². The minimum Gasteiger partial charge on any atom is -0.505 e. The standard InChI is InChI=1S/C30H37NO5/c1-18-9-8-12-25-29(18,3)14-13-19(2)30(25,4)17-21-26(33)22(16-24(32)27(21)34)31-23(28(35)36)15-20-10-6-5-7-11-20/h5-7,9-11,16,19,23,25,31,33H,8,12-15,17H2,1-4H3,(H,35,36)/t19-,23-,25+,29+,30+/m0/s1. The van der Waals surface area contributed by atoms with E-state index in [4.69, 9.17) is 0 Å². The van der Waals surface area contributed by atoms with E-state index in [1.54, 1.807) is 0 Å². The number of allylic oxidation sites excluding steroid dienone is 4. The summed E-state index contributed by atoms with van der Waals surface area (Å²) in [5.41, 5.74) is 2.03. The van der Waals surface area contributed by atoms with E-state index in [9.17, 15) is 24.6 Å². The molecule has 1 aromatic carbocycles. The number of Topliss-reactive ketones (excluding diaryl/α,β-unsaturated/α-hetero) is 1. The molecule has 3 aliphatic rings. The number of aliphatic hydroxyl groups is 1. The number of aliphatic hydroxyl groups excluding tert-OH is 1. The smallest absolute Gasteiger partial charge is 0.326 e. The number of ketones is 2. The fourth-order valence-electron chi connectivity index (χ4n) is 6.79. The van der Waals surface area contributed by atoms with Crippen LogP contribution in [0.25, 0.3) is 0 Å². The van der Waals surface area contributed by atoms with Gasteiger partial charge in [-0.05, 0) is 67.3 Å². The van der Waals surface area contributed by atoms with Crippen molar-refractivity contribution in [3.05, 3.63) is 70.6 Å². The first kappa shape index (κ1) is 25.9. The maximum Gasteiger partial charge on any atom is 0.326 e. The molecule has 0 radical (unpaired) electrons. The van der Waals surface area contributed by atoms with Crippen LogP contribution in [0.5, 0.6) is 0 Å². The van der Waals surface area contributed by atoms with Crippen LogP contribution in [0.1, 0.15) is 65.4 Å². The average Bonchev–Trinajstić information content (AvgIpc) is 2.84. The molecule has 0 aromatic heterocycles. The number of fused-ring (bicyclic) bond motifs is 1. The third-order valence-corrected chi connectivity index (χ3v) is 9.38. The molecule has 0 heterocycles. The maximum atomic E-state index is 13.1. The second-order valence-corrected chi connectivity index (χ2v) is 11.4. The van der Waals surface area contributed by atoms with Crippen LogP contribution in [0.3, 0.4) is 0 Å². The number of aliphatic carboxylic acids is 1. The van der Waals surface area contributed by atoms with Crippen LogP contribution in [0.15, 0.2) is 65.1 Å². The van der Waals surface area contributed by atoms with Gasteiger partial charge in [-0.15, -0.1) is 0 Å². The number of rotatable bonds is 7. The van der Waals surface area contributed by atoms with Gasteiger partial charge in [-0.1, -0.05) is 62.8 Å². The van der Waals surface area contributed by atoms with Gasteiger partial charge >= 0.3 is 5.97 Å². The highest BCUT2D eigenvalue weighted by molar-refractivity contribution is 6.48. The molecule has 36 heavy (non-hydrogen) atoms. The summed E-state index contributed by atoms with van der Waals surface area (Å²) in [5, 5.41) is 23.9. The molecule has 0 spiro atoms. The van der Waals surface area contributed by atoms with E-state index in [0.29, 0.717) is 11.8 Å². The van der Waals surface area contributed by atoms with Crippen molar-refractivity contribution >= 4 is 17.5 Å². The number of carboxylic acids is 1. The number of benzene rings is 1. The number of carboxylic acid groups (broad SMARTS) is 1. The molecule has 0 bridgehead atoms. The zero-order valence-electron chi connectivity index (χ0n) is 21.6. The fourth-order valence-corrected chi connectivity index (χ4v) is 6.79. The molecule has 1 fully saturated rings. The number of hydrogen-bond acceptors (Lipinski definition) is 5. The molecule has 1 aromatic rings. The normalized spacial score (nSPS) is 31.3. The SMILES string of the molecule is CC1=CCC[C@H]2[C@](C)(CC3=C(O)C(N[C@@H](Cc4ccccc4)C(=O)O)=CC(=O)C3=O)[C@@H](C)CC[C@]12C. The lowest BCUT2D eigenvalue weighted by atomic mass is 9.46. The van der Waals surface area contributed by atoms with Crippen LogP contribution >= 0.6 is 0 Å². The molecular formula is C30H37NO5. The summed E-state index contributed by atoms with van der Waals surface area (Å²) < 4.78 is 0. The first-order valence-electron chi connectivity index (χ1n) is 12.9. The van der Waals surface area contributed by atoms with Crippen molar-refractivity contribution in [2.75, 3.05) is 0 Å². The summed E-state index contributed by atoms with van der Waals surface area (Å²) in [5.74, 6) is -2.22. The number of carbonyl (C=O) groups is 3. The Balaban J connectivity index is 1.66. The van der Waals surface area contributed by atoms with Crippen molar-refractivity contribution in [2.45, 2.75) is 72.3 Å². The van der Waals surface area contributed by atoms with Crippen LogP contribution in [-0.2, 0) is 20.8 Å². The molecule has 3 N–H and O–H groups in total. The predicted octanol–water partition coefficient (Wildman–Crippen LogP) is 5.31. The van der Waals surface area contributed by atoms with E-state index in [-0.39, 0.29) is 40.7 Å². The monoisotopic (exact) mass is 491 g/mol. The average molecular weight is 492 g/mol. The fraction of sp³-hybridized carbons (Fsp3) is 0.500. The summed E-state index contributed by atoms with van der Waals surface area (Å²) >= 11 is 0. The van der Waals surface area contributed by atoms with Crippen LogP contribution in [0, 0.1) is 22.7 Å². The van der Waals surface area contributed by atoms with Crippen molar-refractivity contribution in [1.82, 2.24) is 5.32 Å². The lowest BCUT2D eigenvalue weighted by Crippen LogP contribution is -2.50. The predicted molar refractivity (Wildman–Crippen MR) is 138 cm³/mol. The topological polar surface area (TPSA) is 104 Å². The summed E-state index contributed by atoms with van der Waals surface area (Å²) in [4.78, 5) is 37.8. The van der Waals surface area contributed by atoms with Gasteiger partial charge < -0.3 is 15.5 Å². The highest BCUT2D eigenvalue weighted by Crippen LogP contribution is 2.62. The largest absolute Gasteiger partial charge is 0.505 e. The minimum absolute atomic E-state index is 0.00692. The van der Waals surface area contributed by atoms with Gasteiger partial charge in [0.2, 0.25) is 11.6 Å². The van der Waals surface area contributed by atoms with Crippen LogP contribution in [0.4, 0.5) is 0 Å². The van der Waals surface area contributed by atoms with E-state index in [2.05, 4.69) is 39.1 Å². The maximum absolute atomic E-state index is 13.1. The summed E-state index contributed by atoms with van der Waals surface area (Å²) in [6, 6.07) is 8.09.